The molecule has 3 aromatic rings. The van der Waals surface area contributed by atoms with Crippen molar-refractivity contribution in [2.24, 2.45) is 0 Å². The molecule has 0 aliphatic heterocycles. The highest BCUT2D eigenvalue weighted by molar-refractivity contribution is 5.56. The first-order valence-electron chi connectivity index (χ1n) is 8.05. The number of rotatable bonds is 6. The summed E-state index contributed by atoms with van der Waals surface area (Å²) in [5.41, 5.74) is 4.02. The van der Waals surface area contributed by atoms with Crippen molar-refractivity contribution >= 4 is 5.82 Å². The van der Waals surface area contributed by atoms with Gasteiger partial charge in [-0.3, -0.25) is 4.98 Å². The molecule has 24 heavy (non-hydrogen) atoms. The fourth-order valence-corrected chi connectivity index (χ4v) is 2.62. The molecule has 0 bridgehead atoms. The van der Waals surface area contributed by atoms with Gasteiger partial charge >= 0.3 is 0 Å². The summed E-state index contributed by atoms with van der Waals surface area (Å²) < 4.78 is 5.19. The van der Waals surface area contributed by atoms with Crippen LogP contribution in [-0.4, -0.2) is 26.7 Å². The highest BCUT2D eigenvalue weighted by atomic mass is 16.5. The van der Waals surface area contributed by atoms with E-state index >= 15 is 0 Å². The quantitative estimate of drug-likeness (QED) is 0.700. The Labute approximate surface area is 141 Å². The van der Waals surface area contributed by atoms with Crippen molar-refractivity contribution in [2.75, 3.05) is 11.9 Å². The molecule has 0 fully saturated rings. The molecule has 0 atom stereocenters. The van der Waals surface area contributed by atoms with E-state index in [-0.39, 0.29) is 0 Å². The summed E-state index contributed by atoms with van der Waals surface area (Å²) in [6, 6.07) is 5.80. The van der Waals surface area contributed by atoms with Crippen molar-refractivity contribution in [3.05, 3.63) is 53.3 Å². The van der Waals surface area contributed by atoms with Gasteiger partial charge in [0.25, 0.3) is 0 Å². The Morgan fingerprint density at radius 2 is 2.04 bits per heavy atom. The monoisotopic (exact) mass is 323 g/mol. The van der Waals surface area contributed by atoms with E-state index in [9.17, 15) is 0 Å². The van der Waals surface area contributed by atoms with Crippen molar-refractivity contribution < 1.29 is 4.52 Å². The van der Waals surface area contributed by atoms with E-state index in [1.54, 1.807) is 12.4 Å². The first kappa shape index (κ1) is 16.1. The zero-order valence-electron chi connectivity index (χ0n) is 14.2. The highest BCUT2D eigenvalue weighted by Crippen LogP contribution is 2.17. The molecule has 0 radical (unpaired) electrons. The summed E-state index contributed by atoms with van der Waals surface area (Å²) in [6.45, 7) is 6.73. The smallest absolute Gasteiger partial charge is 0.163 e. The largest absolute Gasteiger partial charge is 0.370 e. The minimum absolute atomic E-state index is 0.691. The van der Waals surface area contributed by atoms with E-state index in [1.807, 2.05) is 39.0 Å². The molecule has 0 unspecified atom stereocenters. The predicted molar refractivity (Wildman–Crippen MR) is 92.8 cm³/mol. The van der Waals surface area contributed by atoms with Gasteiger partial charge in [0.1, 0.15) is 11.6 Å². The van der Waals surface area contributed by atoms with E-state index in [2.05, 4.69) is 25.4 Å². The van der Waals surface area contributed by atoms with Crippen molar-refractivity contribution in [3.63, 3.8) is 0 Å². The average Bonchev–Trinajstić information content (AvgIpc) is 2.90. The van der Waals surface area contributed by atoms with Crippen molar-refractivity contribution in [1.82, 2.24) is 20.1 Å². The Morgan fingerprint density at radius 3 is 2.75 bits per heavy atom. The third kappa shape index (κ3) is 3.76. The van der Waals surface area contributed by atoms with Gasteiger partial charge in [0, 0.05) is 41.8 Å². The number of nitrogens with zero attached hydrogens (tertiary/aromatic N) is 4. The zero-order chi connectivity index (χ0) is 16.9. The van der Waals surface area contributed by atoms with Gasteiger partial charge < -0.3 is 9.84 Å². The lowest BCUT2D eigenvalue weighted by Crippen LogP contribution is -2.07. The Balaban J connectivity index is 1.62. The number of hydrogen-bond donors (Lipinski definition) is 1. The van der Waals surface area contributed by atoms with Gasteiger partial charge in [-0.1, -0.05) is 5.16 Å². The molecule has 0 saturated heterocycles. The average molecular weight is 323 g/mol. The second-order valence-electron chi connectivity index (χ2n) is 5.79. The van der Waals surface area contributed by atoms with Crippen molar-refractivity contribution in [2.45, 2.75) is 33.6 Å². The number of nitrogens with one attached hydrogen (secondary N) is 1. The molecular formula is C18H21N5O. The summed E-state index contributed by atoms with van der Waals surface area (Å²) in [5, 5.41) is 7.36. The predicted octanol–water partition coefficient (Wildman–Crippen LogP) is 3.50. The van der Waals surface area contributed by atoms with Crippen LogP contribution >= 0.6 is 0 Å². The molecule has 0 saturated carbocycles. The minimum Gasteiger partial charge on any atom is -0.370 e. The van der Waals surface area contributed by atoms with E-state index in [0.29, 0.717) is 5.82 Å². The molecule has 3 heterocycles. The minimum atomic E-state index is 0.691. The van der Waals surface area contributed by atoms with Gasteiger partial charge in [-0.25, -0.2) is 9.97 Å². The van der Waals surface area contributed by atoms with E-state index in [0.717, 1.165) is 47.9 Å². The van der Waals surface area contributed by atoms with Crippen molar-refractivity contribution in [1.29, 1.82) is 0 Å². The van der Waals surface area contributed by atoms with Crippen LogP contribution in [0.1, 0.15) is 29.1 Å². The fraction of sp³-hybridized carbons (Fsp3) is 0.333. The maximum absolute atomic E-state index is 5.19. The molecule has 0 spiro atoms. The molecule has 3 rings (SSSR count). The lowest BCUT2D eigenvalue weighted by Gasteiger charge is -2.08. The van der Waals surface area contributed by atoms with Crippen LogP contribution in [0.5, 0.6) is 0 Å². The van der Waals surface area contributed by atoms with Crippen LogP contribution in [0.4, 0.5) is 5.82 Å². The lowest BCUT2D eigenvalue weighted by atomic mass is 10.1. The summed E-state index contributed by atoms with van der Waals surface area (Å²) >= 11 is 0. The Morgan fingerprint density at radius 1 is 1.17 bits per heavy atom. The van der Waals surface area contributed by atoms with E-state index in [1.165, 1.54) is 5.56 Å². The summed E-state index contributed by atoms with van der Waals surface area (Å²) in [7, 11) is 0. The van der Waals surface area contributed by atoms with Gasteiger partial charge in [0.05, 0.1) is 5.69 Å². The van der Waals surface area contributed by atoms with Crippen LogP contribution in [0.15, 0.2) is 35.1 Å². The lowest BCUT2D eigenvalue weighted by molar-refractivity contribution is 0.392. The Hall–Kier alpha value is -2.76. The van der Waals surface area contributed by atoms with Crippen LogP contribution in [0.2, 0.25) is 0 Å². The standard InChI is InChI=1S/C18H21N5O/c1-12-10-17(22-18(21-12)15-6-4-8-19-11-15)20-9-5-7-16-13(2)23-24-14(16)3/h4,6,8,10-11H,5,7,9H2,1-3H3,(H,20,21,22). The van der Waals surface area contributed by atoms with Crippen LogP contribution in [0.25, 0.3) is 11.4 Å². The number of pyridine rings is 1. The van der Waals surface area contributed by atoms with Crippen LogP contribution in [0.3, 0.4) is 0 Å². The third-order valence-electron chi connectivity index (χ3n) is 3.86. The van der Waals surface area contributed by atoms with Gasteiger partial charge in [0.2, 0.25) is 0 Å². The molecule has 3 aromatic heterocycles. The summed E-state index contributed by atoms with van der Waals surface area (Å²) in [6.07, 6.45) is 5.44. The maximum Gasteiger partial charge on any atom is 0.163 e. The van der Waals surface area contributed by atoms with Gasteiger partial charge in [-0.05, 0) is 45.7 Å². The molecule has 6 nitrogen and oxygen atoms in total. The zero-order valence-corrected chi connectivity index (χ0v) is 14.2. The molecule has 6 heteroatoms. The SMILES string of the molecule is Cc1cc(NCCCc2c(C)noc2C)nc(-c2cccnc2)n1. The fourth-order valence-electron chi connectivity index (χ4n) is 2.62. The molecular weight excluding hydrogens is 302 g/mol. The normalized spacial score (nSPS) is 10.8. The second kappa shape index (κ2) is 7.21. The van der Waals surface area contributed by atoms with Crippen molar-refractivity contribution in [3.8, 4) is 11.4 Å². The van der Waals surface area contributed by atoms with Crippen LogP contribution in [0, 0.1) is 20.8 Å². The number of hydrogen-bond acceptors (Lipinski definition) is 6. The second-order valence-corrected chi connectivity index (χ2v) is 5.79. The molecule has 1 N–H and O–H groups in total. The summed E-state index contributed by atoms with van der Waals surface area (Å²) in [4.78, 5) is 13.2. The summed E-state index contributed by atoms with van der Waals surface area (Å²) in [5.74, 6) is 2.43. The van der Waals surface area contributed by atoms with E-state index in [4.69, 9.17) is 4.52 Å². The third-order valence-corrected chi connectivity index (χ3v) is 3.86. The molecule has 0 amide bonds. The molecule has 0 aliphatic carbocycles. The topological polar surface area (TPSA) is 76.7 Å². The molecule has 124 valence electrons. The Bertz CT molecular complexity index is 794. The van der Waals surface area contributed by atoms with Crippen LogP contribution < -0.4 is 5.32 Å². The van der Waals surface area contributed by atoms with Gasteiger partial charge in [-0.15, -0.1) is 0 Å². The molecule has 0 aliphatic rings. The first-order chi connectivity index (χ1) is 11.6. The molecule has 0 aromatic carbocycles. The number of aromatic nitrogens is 4. The first-order valence-corrected chi connectivity index (χ1v) is 8.05. The van der Waals surface area contributed by atoms with Crippen LogP contribution in [-0.2, 0) is 6.42 Å². The maximum atomic E-state index is 5.19. The highest BCUT2D eigenvalue weighted by Gasteiger charge is 2.09. The number of anilines is 1. The Kier molecular flexibility index (Phi) is 4.84. The van der Waals surface area contributed by atoms with Gasteiger partial charge in [-0.2, -0.15) is 0 Å². The van der Waals surface area contributed by atoms with Gasteiger partial charge in [0.15, 0.2) is 5.82 Å². The van der Waals surface area contributed by atoms with E-state index < -0.39 is 0 Å². The number of aryl methyl sites for hydroxylation is 3.